The maximum Gasteiger partial charge on any atom is 0.341 e. The van der Waals surface area contributed by atoms with E-state index in [4.69, 9.17) is 4.74 Å². The summed E-state index contributed by atoms with van der Waals surface area (Å²) in [6, 6.07) is 1.45. The minimum atomic E-state index is -1.31. The molecule has 0 spiro atoms. The second kappa shape index (κ2) is 7.60. The predicted molar refractivity (Wildman–Crippen MR) is 107 cm³/mol. The van der Waals surface area contributed by atoms with Gasteiger partial charge >= 0.3 is 5.97 Å². The molecule has 28 heavy (non-hydrogen) atoms. The van der Waals surface area contributed by atoms with Crippen molar-refractivity contribution in [3.8, 4) is 5.75 Å². The number of methoxy groups -OCH3 is 1. The number of aromatic nitrogens is 1. The number of pyridine rings is 1. The van der Waals surface area contributed by atoms with Crippen molar-refractivity contribution in [3.63, 3.8) is 0 Å². The van der Waals surface area contributed by atoms with Crippen LogP contribution in [0.3, 0.4) is 0 Å². The number of carboxylic acids is 1. The van der Waals surface area contributed by atoms with Crippen molar-refractivity contribution >= 4 is 35.0 Å². The molecular weight excluding hydrogens is 389 g/mol. The lowest BCUT2D eigenvalue weighted by atomic mass is 10.1. The quantitative estimate of drug-likeness (QED) is 0.803. The van der Waals surface area contributed by atoms with Gasteiger partial charge in [-0.15, -0.1) is 12.4 Å². The number of piperazine rings is 1. The second-order valence-corrected chi connectivity index (χ2v) is 7.25. The van der Waals surface area contributed by atoms with Crippen LogP contribution in [0.4, 0.5) is 10.1 Å². The van der Waals surface area contributed by atoms with Crippen molar-refractivity contribution in [2.45, 2.75) is 31.8 Å². The van der Waals surface area contributed by atoms with E-state index in [1.54, 1.807) is 4.57 Å². The Morgan fingerprint density at radius 3 is 2.68 bits per heavy atom. The highest BCUT2D eigenvalue weighted by Crippen LogP contribution is 2.43. The fourth-order valence-electron chi connectivity index (χ4n) is 3.86. The Balaban J connectivity index is 0.00000225. The van der Waals surface area contributed by atoms with E-state index in [-0.39, 0.29) is 35.4 Å². The van der Waals surface area contributed by atoms with E-state index < -0.39 is 17.2 Å². The van der Waals surface area contributed by atoms with Crippen LogP contribution in [0, 0.1) is 5.82 Å². The van der Waals surface area contributed by atoms with Crippen LogP contribution in [0.5, 0.6) is 5.75 Å². The maximum atomic E-state index is 15.1. The first kappa shape index (κ1) is 20.4. The third kappa shape index (κ3) is 3.31. The highest BCUT2D eigenvalue weighted by Gasteiger charge is 2.32. The molecule has 9 heteroatoms. The van der Waals surface area contributed by atoms with E-state index >= 15 is 4.39 Å². The summed E-state index contributed by atoms with van der Waals surface area (Å²) in [6.45, 7) is 3.97. The van der Waals surface area contributed by atoms with Gasteiger partial charge < -0.3 is 24.6 Å². The first-order valence-corrected chi connectivity index (χ1v) is 9.09. The number of nitrogens with one attached hydrogen (secondary N) is 1. The average Bonchev–Trinajstić information content (AvgIpc) is 3.46. The Morgan fingerprint density at radius 2 is 2.11 bits per heavy atom. The molecular formula is C19H23ClFN3O4. The molecule has 0 radical (unpaired) electrons. The summed E-state index contributed by atoms with van der Waals surface area (Å²) in [5, 5.41) is 12.7. The smallest absolute Gasteiger partial charge is 0.341 e. The number of nitrogens with zero attached hydrogens (tertiary/aromatic N) is 2. The molecule has 0 bridgehead atoms. The van der Waals surface area contributed by atoms with Crippen molar-refractivity contribution in [3.05, 3.63) is 33.9 Å². The van der Waals surface area contributed by atoms with E-state index in [1.165, 1.54) is 13.3 Å². The normalized spacial score (nSPS) is 19.4. The Labute approximate surface area is 167 Å². The summed E-state index contributed by atoms with van der Waals surface area (Å²) in [4.78, 5) is 26.1. The van der Waals surface area contributed by atoms with Crippen molar-refractivity contribution in [2.75, 3.05) is 31.6 Å². The molecule has 1 aliphatic heterocycles. The van der Waals surface area contributed by atoms with Crippen molar-refractivity contribution in [1.29, 1.82) is 0 Å². The maximum absolute atomic E-state index is 15.1. The van der Waals surface area contributed by atoms with E-state index in [0.717, 1.165) is 25.5 Å². The number of halogens is 2. The third-order valence-electron chi connectivity index (χ3n) is 5.26. The van der Waals surface area contributed by atoms with Gasteiger partial charge in [0.15, 0.2) is 11.6 Å². The molecule has 0 amide bonds. The van der Waals surface area contributed by atoms with Gasteiger partial charge in [0.05, 0.1) is 18.0 Å². The van der Waals surface area contributed by atoms with Gasteiger partial charge in [0.2, 0.25) is 5.43 Å². The SMILES string of the molecule is COc1c(N2CCN[C@@H](C)C2)c(F)cc2c(=O)c(C(=O)O)cn(C3CC3)c12.Cl. The average molecular weight is 412 g/mol. The number of fused-ring (bicyclic) bond motifs is 1. The zero-order valence-corrected chi connectivity index (χ0v) is 16.5. The van der Waals surface area contributed by atoms with Gasteiger partial charge in [-0.05, 0) is 25.8 Å². The summed E-state index contributed by atoms with van der Waals surface area (Å²) in [5.74, 6) is -1.59. The van der Waals surface area contributed by atoms with Crippen molar-refractivity contribution in [1.82, 2.24) is 9.88 Å². The van der Waals surface area contributed by atoms with E-state index in [2.05, 4.69) is 5.32 Å². The number of hydrogen-bond acceptors (Lipinski definition) is 5. The van der Waals surface area contributed by atoms with Crippen LogP contribution in [0.2, 0.25) is 0 Å². The lowest BCUT2D eigenvalue weighted by Gasteiger charge is -2.35. The van der Waals surface area contributed by atoms with Gasteiger partial charge in [0, 0.05) is 37.9 Å². The Hall–Kier alpha value is -2.32. The number of ether oxygens (including phenoxy) is 1. The van der Waals surface area contributed by atoms with Crippen LogP contribution in [0.15, 0.2) is 17.1 Å². The van der Waals surface area contributed by atoms with Gasteiger partial charge in [0.25, 0.3) is 0 Å². The zero-order valence-electron chi connectivity index (χ0n) is 15.7. The molecule has 1 aromatic heterocycles. The number of aromatic carboxylic acids is 1. The number of rotatable bonds is 4. The molecule has 2 N–H and O–H groups in total. The topological polar surface area (TPSA) is 83.8 Å². The summed E-state index contributed by atoms with van der Waals surface area (Å²) in [5.41, 5.74) is -0.237. The third-order valence-corrected chi connectivity index (χ3v) is 5.26. The highest BCUT2D eigenvalue weighted by molar-refractivity contribution is 5.97. The Kier molecular flexibility index (Phi) is 5.54. The van der Waals surface area contributed by atoms with Crippen LogP contribution < -0.4 is 20.4 Å². The molecule has 7 nitrogen and oxygen atoms in total. The molecule has 2 aromatic rings. The number of hydrogen-bond donors (Lipinski definition) is 2. The first-order chi connectivity index (χ1) is 12.9. The molecule has 2 aliphatic rings. The van der Waals surface area contributed by atoms with Crippen LogP contribution in [-0.2, 0) is 0 Å². The van der Waals surface area contributed by atoms with Crippen molar-refractivity contribution < 1.29 is 19.0 Å². The standard InChI is InChI=1S/C19H22FN3O4.ClH/c1-10-8-22(6-5-21-10)16-14(20)7-12-15(18(16)27-2)23(11-3-4-11)9-13(17(12)24)19(25)26;/h7,9-11,21H,3-6,8H2,1-2H3,(H,25,26);1H/t10-;/m0./s1. The van der Waals surface area contributed by atoms with E-state index in [9.17, 15) is 14.7 Å². The van der Waals surface area contributed by atoms with Gasteiger partial charge in [-0.25, -0.2) is 9.18 Å². The molecule has 152 valence electrons. The highest BCUT2D eigenvalue weighted by atomic mass is 35.5. The van der Waals surface area contributed by atoms with Crippen LogP contribution >= 0.6 is 12.4 Å². The van der Waals surface area contributed by atoms with Gasteiger partial charge in [-0.1, -0.05) is 0 Å². The zero-order chi connectivity index (χ0) is 19.3. The van der Waals surface area contributed by atoms with Crippen LogP contribution in [0.1, 0.15) is 36.2 Å². The molecule has 1 saturated carbocycles. The minimum absolute atomic E-state index is 0. The van der Waals surface area contributed by atoms with Crippen molar-refractivity contribution in [2.24, 2.45) is 0 Å². The van der Waals surface area contributed by atoms with Gasteiger partial charge in [-0.2, -0.15) is 0 Å². The summed E-state index contributed by atoms with van der Waals surface area (Å²) in [6.07, 6.45) is 3.14. The molecule has 2 fully saturated rings. The second-order valence-electron chi connectivity index (χ2n) is 7.25. The number of anilines is 1. The Bertz CT molecular complexity index is 990. The largest absolute Gasteiger partial charge is 0.492 e. The number of carboxylic acid groups (broad SMARTS) is 1. The fourth-order valence-corrected chi connectivity index (χ4v) is 3.86. The number of carbonyl (C=O) groups is 1. The van der Waals surface area contributed by atoms with E-state index in [1.807, 2.05) is 11.8 Å². The Morgan fingerprint density at radius 1 is 1.39 bits per heavy atom. The molecule has 4 rings (SSSR count). The number of benzene rings is 1. The molecule has 1 atom stereocenters. The minimum Gasteiger partial charge on any atom is -0.492 e. The van der Waals surface area contributed by atoms with Gasteiger partial charge in [-0.3, -0.25) is 4.79 Å². The molecule has 1 aromatic carbocycles. The van der Waals surface area contributed by atoms with Gasteiger partial charge in [0.1, 0.15) is 11.3 Å². The molecule has 1 aliphatic carbocycles. The fraction of sp³-hybridized carbons (Fsp3) is 0.474. The molecule has 1 saturated heterocycles. The summed E-state index contributed by atoms with van der Waals surface area (Å²) >= 11 is 0. The lowest BCUT2D eigenvalue weighted by molar-refractivity contribution is 0.0695. The van der Waals surface area contributed by atoms with Crippen LogP contribution in [0.25, 0.3) is 10.9 Å². The summed E-state index contributed by atoms with van der Waals surface area (Å²) in [7, 11) is 1.45. The molecule has 0 unspecified atom stereocenters. The molecule has 2 heterocycles. The monoisotopic (exact) mass is 411 g/mol. The lowest BCUT2D eigenvalue weighted by Crippen LogP contribution is -2.49. The summed E-state index contributed by atoms with van der Waals surface area (Å²) < 4.78 is 22.5. The van der Waals surface area contributed by atoms with E-state index in [0.29, 0.717) is 30.0 Å². The van der Waals surface area contributed by atoms with Crippen LogP contribution in [-0.4, -0.2) is 48.4 Å². The first-order valence-electron chi connectivity index (χ1n) is 9.09. The predicted octanol–water partition coefficient (Wildman–Crippen LogP) is 2.40.